The van der Waals surface area contributed by atoms with Gasteiger partial charge in [0.2, 0.25) is 0 Å². The molecule has 1 aromatic carbocycles. The van der Waals surface area contributed by atoms with Crippen molar-refractivity contribution in [2.24, 2.45) is 5.92 Å². The third kappa shape index (κ3) is 6.03. The molecule has 5 heteroatoms. The Labute approximate surface area is 132 Å². The van der Waals surface area contributed by atoms with Crippen LogP contribution < -0.4 is 10.1 Å². The van der Waals surface area contributed by atoms with Crippen molar-refractivity contribution >= 4 is 5.97 Å². The van der Waals surface area contributed by atoms with E-state index in [4.69, 9.17) is 9.84 Å². The molecule has 124 valence electrons. The molecular weight excluding hydrogens is 282 g/mol. The van der Waals surface area contributed by atoms with Crippen LogP contribution in [-0.4, -0.2) is 35.4 Å². The summed E-state index contributed by atoms with van der Waals surface area (Å²) in [5, 5.41) is 22.2. The molecule has 0 aliphatic rings. The molecule has 3 N–H and O–H groups in total. The van der Waals surface area contributed by atoms with Crippen LogP contribution in [-0.2, 0) is 4.79 Å². The van der Waals surface area contributed by atoms with Crippen LogP contribution in [0.25, 0.3) is 0 Å². The molecule has 0 saturated heterocycles. The van der Waals surface area contributed by atoms with Crippen LogP contribution in [0, 0.1) is 5.92 Å². The van der Waals surface area contributed by atoms with E-state index in [1.807, 2.05) is 45.0 Å². The molecule has 0 aromatic heterocycles. The Morgan fingerprint density at radius 3 is 2.41 bits per heavy atom. The number of ether oxygens (including phenoxy) is 1. The molecule has 1 rings (SSSR count). The fourth-order valence-electron chi connectivity index (χ4n) is 2.16. The van der Waals surface area contributed by atoms with Crippen LogP contribution >= 0.6 is 0 Å². The summed E-state index contributed by atoms with van der Waals surface area (Å²) in [6.07, 6.45) is 0.803. The molecule has 0 heterocycles. The maximum absolute atomic E-state index is 11.1. The van der Waals surface area contributed by atoms with Gasteiger partial charge in [0.25, 0.3) is 0 Å². The lowest BCUT2D eigenvalue weighted by molar-refractivity contribution is -0.140. The molecular formula is C17H27NO4. The number of carbonyl (C=O) groups is 1. The van der Waals surface area contributed by atoms with Crippen molar-refractivity contribution in [1.82, 2.24) is 5.32 Å². The largest absolute Gasteiger partial charge is 0.494 e. The number of carboxylic acid groups (broad SMARTS) is 1. The maximum atomic E-state index is 11.1. The molecule has 1 unspecified atom stereocenters. The molecule has 5 nitrogen and oxygen atoms in total. The minimum absolute atomic E-state index is 0.00430. The van der Waals surface area contributed by atoms with Crippen LogP contribution in [0.1, 0.15) is 45.3 Å². The van der Waals surface area contributed by atoms with Gasteiger partial charge in [-0.3, -0.25) is 4.79 Å². The van der Waals surface area contributed by atoms with Gasteiger partial charge in [-0.2, -0.15) is 0 Å². The van der Waals surface area contributed by atoms with E-state index >= 15 is 0 Å². The lowest BCUT2D eigenvalue weighted by Crippen LogP contribution is -2.41. The zero-order valence-electron chi connectivity index (χ0n) is 13.6. The van der Waals surface area contributed by atoms with Crippen LogP contribution in [0.5, 0.6) is 5.75 Å². The summed E-state index contributed by atoms with van der Waals surface area (Å²) in [4.78, 5) is 11.1. The topological polar surface area (TPSA) is 78.8 Å². The number of hydrogen-bond acceptors (Lipinski definition) is 4. The molecule has 0 amide bonds. The Kier molecular flexibility index (Phi) is 7.91. The minimum atomic E-state index is -0.859. The van der Waals surface area contributed by atoms with Crippen molar-refractivity contribution in [1.29, 1.82) is 0 Å². The predicted octanol–water partition coefficient (Wildman–Crippen LogP) is 2.60. The molecule has 2 atom stereocenters. The number of aliphatic hydroxyl groups excluding tert-OH is 1. The fourth-order valence-corrected chi connectivity index (χ4v) is 2.16. The highest BCUT2D eigenvalue weighted by Gasteiger charge is 2.20. The van der Waals surface area contributed by atoms with Crippen molar-refractivity contribution in [3.63, 3.8) is 0 Å². The monoisotopic (exact) mass is 309 g/mol. The van der Waals surface area contributed by atoms with Crippen molar-refractivity contribution in [3.05, 3.63) is 29.8 Å². The number of aliphatic carboxylic acids is 1. The summed E-state index contributed by atoms with van der Waals surface area (Å²) in [5.41, 5.74) is 0.807. The average molecular weight is 309 g/mol. The zero-order chi connectivity index (χ0) is 16.5. The molecule has 1 aromatic rings. The second-order valence-electron chi connectivity index (χ2n) is 5.74. The van der Waals surface area contributed by atoms with Crippen LogP contribution in [0.2, 0.25) is 0 Å². The lowest BCUT2D eigenvalue weighted by atomic mass is 10.0. The summed E-state index contributed by atoms with van der Waals surface area (Å²) in [7, 11) is 0. The SMILES string of the molecule is CCCOc1ccc(C(O)CCN[C@H](C(=O)O)C(C)C)cc1. The first kappa shape index (κ1) is 18.5. The zero-order valence-corrected chi connectivity index (χ0v) is 13.6. The van der Waals surface area contributed by atoms with Gasteiger partial charge in [0.15, 0.2) is 0 Å². The Bertz CT molecular complexity index is 444. The Morgan fingerprint density at radius 2 is 1.91 bits per heavy atom. The highest BCUT2D eigenvalue weighted by atomic mass is 16.5. The van der Waals surface area contributed by atoms with Gasteiger partial charge in [-0.05, 0) is 43.0 Å². The quantitative estimate of drug-likeness (QED) is 0.619. The molecule has 0 aliphatic heterocycles. The van der Waals surface area contributed by atoms with E-state index in [1.165, 1.54) is 0 Å². The fraction of sp³-hybridized carbons (Fsp3) is 0.588. The third-order valence-electron chi connectivity index (χ3n) is 3.45. The molecule has 0 bridgehead atoms. The number of carboxylic acids is 1. The Morgan fingerprint density at radius 1 is 1.27 bits per heavy atom. The minimum Gasteiger partial charge on any atom is -0.494 e. The van der Waals surface area contributed by atoms with E-state index in [9.17, 15) is 9.90 Å². The highest BCUT2D eigenvalue weighted by Crippen LogP contribution is 2.20. The number of hydrogen-bond donors (Lipinski definition) is 3. The van der Waals surface area contributed by atoms with E-state index in [-0.39, 0.29) is 5.92 Å². The maximum Gasteiger partial charge on any atom is 0.320 e. The summed E-state index contributed by atoms with van der Waals surface area (Å²) >= 11 is 0. The van der Waals surface area contributed by atoms with Crippen molar-refractivity contribution in [2.75, 3.05) is 13.2 Å². The summed E-state index contributed by atoms with van der Waals surface area (Å²) in [6, 6.07) is 6.78. The smallest absolute Gasteiger partial charge is 0.320 e. The second kappa shape index (κ2) is 9.43. The summed E-state index contributed by atoms with van der Waals surface area (Å²) < 4.78 is 5.50. The number of rotatable bonds is 10. The number of aliphatic hydroxyl groups is 1. The van der Waals surface area contributed by atoms with Gasteiger partial charge >= 0.3 is 5.97 Å². The number of nitrogens with one attached hydrogen (secondary N) is 1. The standard InChI is InChI=1S/C17H27NO4/c1-4-11-22-14-7-5-13(6-8-14)15(19)9-10-18-16(12(2)3)17(20)21/h5-8,12,15-16,18-19H,4,9-11H2,1-3H3,(H,20,21)/t15?,16-/m0/s1. The van der Waals surface area contributed by atoms with Gasteiger partial charge < -0.3 is 20.3 Å². The van der Waals surface area contributed by atoms with Gasteiger partial charge in [0.1, 0.15) is 11.8 Å². The molecule has 0 aliphatic carbocycles. The molecule has 0 radical (unpaired) electrons. The predicted molar refractivity (Wildman–Crippen MR) is 86.1 cm³/mol. The molecule has 22 heavy (non-hydrogen) atoms. The van der Waals surface area contributed by atoms with Gasteiger partial charge in [-0.15, -0.1) is 0 Å². The lowest BCUT2D eigenvalue weighted by Gasteiger charge is -2.19. The van der Waals surface area contributed by atoms with Crippen LogP contribution in [0.15, 0.2) is 24.3 Å². The van der Waals surface area contributed by atoms with Crippen LogP contribution in [0.4, 0.5) is 0 Å². The van der Waals surface area contributed by atoms with Crippen molar-refractivity contribution < 1.29 is 19.7 Å². The Balaban J connectivity index is 2.44. The first-order chi connectivity index (χ1) is 10.5. The van der Waals surface area contributed by atoms with Gasteiger partial charge in [-0.1, -0.05) is 32.9 Å². The molecule has 0 fully saturated rings. The third-order valence-corrected chi connectivity index (χ3v) is 3.45. The number of benzene rings is 1. The first-order valence-electron chi connectivity index (χ1n) is 7.82. The molecule has 0 saturated carbocycles. The van der Waals surface area contributed by atoms with Gasteiger partial charge in [0.05, 0.1) is 12.7 Å². The summed E-state index contributed by atoms with van der Waals surface area (Å²) in [6.45, 7) is 6.89. The van der Waals surface area contributed by atoms with Gasteiger partial charge in [0, 0.05) is 0 Å². The van der Waals surface area contributed by atoms with E-state index < -0.39 is 18.1 Å². The van der Waals surface area contributed by atoms with E-state index in [1.54, 1.807) is 0 Å². The van der Waals surface area contributed by atoms with E-state index in [0.29, 0.717) is 19.6 Å². The van der Waals surface area contributed by atoms with E-state index in [0.717, 1.165) is 17.7 Å². The Hall–Kier alpha value is -1.59. The first-order valence-corrected chi connectivity index (χ1v) is 7.82. The van der Waals surface area contributed by atoms with E-state index in [2.05, 4.69) is 5.32 Å². The van der Waals surface area contributed by atoms with Gasteiger partial charge in [-0.25, -0.2) is 0 Å². The normalized spacial score (nSPS) is 13.9. The highest BCUT2D eigenvalue weighted by molar-refractivity contribution is 5.73. The summed E-state index contributed by atoms with van der Waals surface area (Å²) in [5.74, 6) is -0.0618. The molecule has 0 spiro atoms. The van der Waals surface area contributed by atoms with Crippen molar-refractivity contribution in [3.8, 4) is 5.75 Å². The van der Waals surface area contributed by atoms with Crippen molar-refractivity contribution in [2.45, 2.75) is 45.8 Å². The van der Waals surface area contributed by atoms with Crippen LogP contribution in [0.3, 0.4) is 0 Å². The average Bonchev–Trinajstić information content (AvgIpc) is 2.49. The second-order valence-corrected chi connectivity index (χ2v) is 5.74.